The van der Waals surface area contributed by atoms with Crippen LogP contribution >= 0.6 is 11.6 Å². The summed E-state index contributed by atoms with van der Waals surface area (Å²) in [6.07, 6.45) is 5.24. The normalized spacial score (nSPS) is 15.2. The van der Waals surface area contributed by atoms with Crippen LogP contribution in [-0.2, 0) is 6.42 Å². The number of halogens is 3. The van der Waals surface area contributed by atoms with E-state index in [9.17, 15) is 8.78 Å². The zero-order valence-corrected chi connectivity index (χ0v) is 10.4. The Balaban J connectivity index is 1.75. The van der Waals surface area contributed by atoms with E-state index in [0.29, 0.717) is 17.0 Å². The van der Waals surface area contributed by atoms with Crippen LogP contribution in [0.5, 0.6) is 0 Å². The first kappa shape index (κ1) is 12.8. The minimum absolute atomic E-state index is 0.319. The molecule has 1 aliphatic rings. The molecule has 0 unspecified atom stereocenters. The van der Waals surface area contributed by atoms with Gasteiger partial charge in [-0.2, -0.15) is 0 Å². The molecule has 1 nitrogen and oxygen atoms in total. The molecule has 0 amide bonds. The molecule has 0 saturated heterocycles. The van der Waals surface area contributed by atoms with E-state index < -0.39 is 11.6 Å². The Morgan fingerprint density at radius 1 is 1.18 bits per heavy atom. The largest absolute Gasteiger partial charge is 0.314 e. The number of benzene rings is 1. The van der Waals surface area contributed by atoms with Crippen LogP contribution in [0.3, 0.4) is 0 Å². The molecule has 0 bridgehead atoms. The van der Waals surface area contributed by atoms with Gasteiger partial charge in [-0.25, -0.2) is 8.78 Å². The first-order valence-corrected chi connectivity index (χ1v) is 6.41. The summed E-state index contributed by atoms with van der Waals surface area (Å²) in [5.74, 6) is -1.70. The van der Waals surface area contributed by atoms with Crippen LogP contribution in [0.1, 0.15) is 31.2 Å². The molecular formula is C13H16ClF2N. The minimum atomic E-state index is -0.880. The number of nitrogens with one attached hydrogen (secondary N) is 1. The summed E-state index contributed by atoms with van der Waals surface area (Å²) >= 11 is 5.85. The lowest BCUT2D eigenvalue weighted by molar-refractivity contribution is 0.506. The Morgan fingerprint density at radius 3 is 2.59 bits per heavy atom. The summed E-state index contributed by atoms with van der Waals surface area (Å²) in [4.78, 5) is 0. The van der Waals surface area contributed by atoms with Crippen LogP contribution in [0.15, 0.2) is 12.1 Å². The zero-order valence-electron chi connectivity index (χ0n) is 9.61. The van der Waals surface area contributed by atoms with E-state index in [0.717, 1.165) is 31.5 Å². The maximum absolute atomic E-state index is 13.0. The highest BCUT2D eigenvalue weighted by atomic mass is 35.5. The summed E-state index contributed by atoms with van der Waals surface area (Å²) in [7, 11) is 0. The van der Waals surface area contributed by atoms with Gasteiger partial charge < -0.3 is 5.32 Å². The van der Waals surface area contributed by atoms with Crippen LogP contribution in [0.25, 0.3) is 0 Å². The molecule has 1 aliphatic carbocycles. The van der Waals surface area contributed by atoms with Crippen molar-refractivity contribution in [2.45, 2.75) is 38.1 Å². The molecule has 1 N–H and O–H groups in total. The quantitative estimate of drug-likeness (QED) is 0.607. The van der Waals surface area contributed by atoms with Crippen LogP contribution in [0.2, 0.25) is 5.02 Å². The number of rotatable bonds is 6. The van der Waals surface area contributed by atoms with Gasteiger partial charge in [0.1, 0.15) is 0 Å². The van der Waals surface area contributed by atoms with Crippen molar-refractivity contribution in [1.29, 1.82) is 0 Å². The zero-order chi connectivity index (χ0) is 12.3. The van der Waals surface area contributed by atoms with E-state index in [1.807, 2.05) is 0 Å². The van der Waals surface area contributed by atoms with Crippen molar-refractivity contribution in [2.75, 3.05) is 6.54 Å². The fourth-order valence-electron chi connectivity index (χ4n) is 1.79. The van der Waals surface area contributed by atoms with Crippen LogP contribution in [0.4, 0.5) is 8.78 Å². The van der Waals surface area contributed by atoms with Crippen molar-refractivity contribution >= 4 is 11.6 Å². The maximum atomic E-state index is 13.0. The van der Waals surface area contributed by atoms with Crippen molar-refractivity contribution in [3.8, 4) is 0 Å². The Bertz CT molecular complexity index is 391. The third-order valence-corrected chi connectivity index (χ3v) is 3.32. The summed E-state index contributed by atoms with van der Waals surface area (Å²) in [5, 5.41) is 3.73. The number of hydrogen-bond acceptors (Lipinski definition) is 1. The van der Waals surface area contributed by atoms with Gasteiger partial charge in [-0.15, -0.1) is 0 Å². The average Bonchev–Trinajstić information content (AvgIpc) is 3.08. The highest BCUT2D eigenvalue weighted by Gasteiger charge is 2.19. The van der Waals surface area contributed by atoms with Gasteiger partial charge in [0.2, 0.25) is 0 Å². The van der Waals surface area contributed by atoms with Gasteiger partial charge in [0.25, 0.3) is 0 Å². The first-order valence-electron chi connectivity index (χ1n) is 6.03. The molecule has 1 saturated carbocycles. The third-order valence-electron chi connectivity index (χ3n) is 2.97. The Labute approximate surface area is 105 Å². The number of hydrogen-bond donors (Lipinski definition) is 1. The summed E-state index contributed by atoms with van der Waals surface area (Å²) in [5.41, 5.74) is 0.692. The number of aryl methyl sites for hydroxylation is 1. The second kappa shape index (κ2) is 5.78. The van der Waals surface area contributed by atoms with Gasteiger partial charge in [0, 0.05) is 11.1 Å². The van der Waals surface area contributed by atoms with E-state index in [2.05, 4.69) is 5.32 Å². The predicted octanol–water partition coefficient (Wildman–Crippen LogP) is 3.69. The highest BCUT2D eigenvalue weighted by Crippen LogP contribution is 2.22. The molecule has 2 rings (SSSR count). The lowest BCUT2D eigenvalue weighted by Gasteiger charge is -2.06. The Morgan fingerprint density at radius 2 is 1.88 bits per heavy atom. The predicted molar refractivity (Wildman–Crippen MR) is 65.3 cm³/mol. The first-order chi connectivity index (χ1) is 8.16. The molecule has 0 spiro atoms. The minimum Gasteiger partial charge on any atom is -0.314 e. The summed E-state index contributed by atoms with van der Waals surface area (Å²) in [6.45, 7) is 0.992. The highest BCUT2D eigenvalue weighted by molar-refractivity contribution is 6.31. The van der Waals surface area contributed by atoms with Gasteiger partial charge in [-0.05, 0) is 56.3 Å². The third kappa shape index (κ3) is 3.93. The second-order valence-corrected chi connectivity index (χ2v) is 4.95. The molecule has 17 heavy (non-hydrogen) atoms. The van der Waals surface area contributed by atoms with Crippen molar-refractivity contribution in [3.63, 3.8) is 0 Å². The summed E-state index contributed by atoms with van der Waals surface area (Å²) < 4.78 is 25.8. The molecular weight excluding hydrogens is 244 g/mol. The fourth-order valence-corrected chi connectivity index (χ4v) is 2.03. The molecule has 4 heteroatoms. The van der Waals surface area contributed by atoms with E-state index in [4.69, 9.17) is 11.6 Å². The van der Waals surface area contributed by atoms with Crippen LogP contribution < -0.4 is 5.32 Å². The second-order valence-electron chi connectivity index (χ2n) is 4.54. The van der Waals surface area contributed by atoms with Crippen molar-refractivity contribution in [1.82, 2.24) is 5.32 Å². The lowest BCUT2D eigenvalue weighted by Crippen LogP contribution is -2.17. The van der Waals surface area contributed by atoms with Gasteiger partial charge >= 0.3 is 0 Å². The fraction of sp³-hybridized carbons (Fsp3) is 0.538. The molecule has 1 aromatic carbocycles. The SMILES string of the molecule is Fc1cc(Cl)c(CCCCNC2CC2)cc1F. The van der Waals surface area contributed by atoms with Gasteiger partial charge in [-0.1, -0.05) is 11.6 Å². The lowest BCUT2D eigenvalue weighted by atomic mass is 10.1. The molecule has 1 aromatic rings. The molecule has 94 valence electrons. The van der Waals surface area contributed by atoms with Gasteiger partial charge in [0.05, 0.1) is 0 Å². The standard InChI is InChI=1S/C13H16ClF2N/c14-11-8-13(16)12(15)7-9(11)3-1-2-6-17-10-4-5-10/h7-8,10,17H,1-6H2. The summed E-state index contributed by atoms with van der Waals surface area (Å²) in [6, 6.07) is 2.97. The van der Waals surface area contributed by atoms with E-state index in [1.54, 1.807) is 0 Å². The van der Waals surface area contributed by atoms with Crippen LogP contribution in [0, 0.1) is 11.6 Å². The van der Waals surface area contributed by atoms with Crippen molar-refractivity contribution < 1.29 is 8.78 Å². The molecule has 0 aliphatic heterocycles. The van der Waals surface area contributed by atoms with Crippen molar-refractivity contribution in [2.24, 2.45) is 0 Å². The Hall–Kier alpha value is -0.670. The van der Waals surface area contributed by atoms with E-state index in [1.165, 1.54) is 18.9 Å². The Kier molecular flexibility index (Phi) is 4.35. The van der Waals surface area contributed by atoms with E-state index in [-0.39, 0.29) is 0 Å². The van der Waals surface area contributed by atoms with Crippen molar-refractivity contribution in [3.05, 3.63) is 34.4 Å². The average molecular weight is 260 g/mol. The van der Waals surface area contributed by atoms with E-state index >= 15 is 0 Å². The topological polar surface area (TPSA) is 12.0 Å². The maximum Gasteiger partial charge on any atom is 0.160 e. The molecule has 0 aromatic heterocycles. The smallest absolute Gasteiger partial charge is 0.160 e. The van der Waals surface area contributed by atoms with Gasteiger partial charge in [0.15, 0.2) is 11.6 Å². The monoisotopic (exact) mass is 259 g/mol. The molecule has 1 fully saturated rings. The van der Waals surface area contributed by atoms with Gasteiger partial charge in [-0.3, -0.25) is 0 Å². The number of unbranched alkanes of at least 4 members (excludes halogenated alkanes) is 1. The molecule has 0 heterocycles. The molecule has 0 atom stereocenters. The van der Waals surface area contributed by atoms with Crippen LogP contribution in [-0.4, -0.2) is 12.6 Å². The molecule has 0 radical (unpaired) electrons.